The molecule has 1 unspecified atom stereocenters. The maximum atomic E-state index is 10.8. The monoisotopic (exact) mass is 333 g/mol. The smallest absolute Gasteiger partial charge is 0.316 e. The summed E-state index contributed by atoms with van der Waals surface area (Å²) < 4.78 is 1.05. The minimum absolute atomic E-state index is 0.149. The maximum Gasteiger partial charge on any atom is 0.316 e. The van der Waals surface area contributed by atoms with Crippen molar-refractivity contribution in [2.45, 2.75) is 13.0 Å². The molecule has 0 aromatic heterocycles. The van der Waals surface area contributed by atoms with E-state index in [9.17, 15) is 4.79 Å². The third-order valence-corrected chi connectivity index (χ3v) is 3.36. The van der Waals surface area contributed by atoms with Crippen LogP contribution in [0.1, 0.15) is 18.5 Å². The number of benzene rings is 2. The van der Waals surface area contributed by atoms with Gasteiger partial charge >= 0.3 is 6.03 Å². The second kappa shape index (κ2) is 6.43. The number of primary amides is 1. The number of rotatable bonds is 4. The van der Waals surface area contributed by atoms with E-state index in [1.165, 1.54) is 5.56 Å². The summed E-state index contributed by atoms with van der Waals surface area (Å²) in [4.78, 5) is 10.8. The van der Waals surface area contributed by atoms with Crippen LogP contribution in [-0.2, 0) is 0 Å². The molecule has 0 spiro atoms. The fraction of sp³-hybridized carbons (Fsp3) is 0.133. The number of hydrogen-bond acceptors (Lipinski definition) is 2. The molecule has 0 aliphatic heterocycles. The van der Waals surface area contributed by atoms with Crippen molar-refractivity contribution in [2.24, 2.45) is 5.73 Å². The summed E-state index contributed by atoms with van der Waals surface area (Å²) in [6.07, 6.45) is 0. The van der Waals surface area contributed by atoms with Crippen LogP contribution in [0.5, 0.6) is 0 Å². The van der Waals surface area contributed by atoms with Gasteiger partial charge in [-0.2, -0.15) is 0 Å². The molecular formula is C15H16BrN3O. The van der Waals surface area contributed by atoms with Crippen molar-refractivity contribution in [1.82, 2.24) is 0 Å². The Hall–Kier alpha value is -2.01. The molecule has 2 rings (SSSR count). The maximum absolute atomic E-state index is 10.8. The summed E-state index contributed by atoms with van der Waals surface area (Å²) in [6.45, 7) is 2.08. The molecule has 0 saturated carbocycles. The molecule has 0 saturated heterocycles. The van der Waals surface area contributed by atoms with E-state index >= 15 is 0 Å². The van der Waals surface area contributed by atoms with Crippen LogP contribution >= 0.6 is 15.9 Å². The van der Waals surface area contributed by atoms with E-state index in [0.717, 1.165) is 10.2 Å². The normalized spacial score (nSPS) is 11.7. The predicted molar refractivity (Wildman–Crippen MR) is 85.8 cm³/mol. The Morgan fingerprint density at radius 2 is 1.85 bits per heavy atom. The van der Waals surface area contributed by atoms with Gasteiger partial charge in [0.15, 0.2) is 0 Å². The summed E-state index contributed by atoms with van der Waals surface area (Å²) in [7, 11) is 0. The number of nitrogens with two attached hydrogens (primary N) is 1. The Labute approximate surface area is 126 Å². The molecule has 104 valence electrons. The van der Waals surface area contributed by atoms with E-state index in [0.29, 0.717) is 5.69 Å². The van der Waals surface area contributed by atoms with Crippen molar-refractivity contribution in [3.05, 3.63) is 58.6 Å². The second-order valence-corrected chi connectivity index (χ2v) is 5.41. The van der Waals surface area contributed by atoms with E-state index in [2.05, 4.69) is 45.6 Å². The van der Waals surface area contributed by atoms with Gasteiger partial charge < -0.3 is 16.4 Å². The van der Waals surface area contributed by atoms with E-state index < -0.39 is 6.03 Å². The van der Waals surface area contributed by atoms with Gasteiger partial charge in [-0.15, -0.1) is 0 Å². The highest BCUT2D eigenvalue weighted by molar-refractivity contribution is 9.10. The summed E-state index contributed by atoms with van der Waals surface area (Å²) in [5, 5.41) is 5.94. The van der Waals surface area contributed by atoms with Crippen LogP contribution in [0.4, 0.5) is 16.2 Å². The highest BCUT2D eigenvalue weighted by atomic mass is 79.9. The Bertz CT molecular complexity index is 616. The second-order valence-electron chi connectivity index (χ2n) is 4.49. The van der Waals surface area contributed by atoms with Gasteiger partial charge in [0, 0.05) is 21.9 Å². The Morgan fingerprint density at radius 1 is 1.15 bits per heavy atom. The standard InChI is InChI=1S/C15H16BrN3O/c1-10(11-4-2-5-12(16)8-11)18-13-6-3-7-14(9-13)19-15(17)20/h2-10,18H,1H3,(H3,17,19,20). The number of urea groups is 1. The van der Waals surface area contributed by atoms with Crippen LogP contribution in [0.3, 0.4) is 0 Å². The molecule has 20 heavy (non-hydrogen) atoms. The first-order valence-electron chi connectivity index (χ1n) is 6.23. The quantitative estimate of drug-likeness (QED) is 0.788. The number of nitrogens with one attached hydrogen (secondary N) is 2. The largest absolute Gasteiger partial charge is 0.378 e. The first-order chi connectivity index (χ1) is 9.54. The summed E-state index contributed by atoms with van der Waals surface area (Å²) >= 11 is 3.47. The van der Waals surface area contributed by atoms with Gasteiger partial charge in [-0.05, 0) is 42.8 Å². The van der Waals surface area contributed by atoms with Crippen LogP contribution in [0.2, 0.25) is 0 Å². The zero-order valence-electron chi connectivity index (χ0n) is 11.1. The number of carbonyl (C=O) groups is 1. The topological polar surface area (TPSA) is 67.2 Å². The molecule has 4 N–H and O–H groups in total. The zero-order valence-corrected chi connectivity index (χ0v) is 12.6. The minimum Gasteiger partial charge on any atom is -0.378 e. The molecule has 0 fully saturated rings. The molecule has 0 aliphatic rings. The highest BCUT2D eigenvalue weighted by Gasteiger charge is 2.06. The van der Waals surface area contributed by atoms with Crippen LogP contribution in [-0.4, -0.2) is 6.03 Å². The Kier molecular flexibility index (Phi) is 4.63. The Balaban J connectivity index is 2.11. The van der Waals surface area contributed by atoms with Gasteiger partial charge in [0.25, 0.3) is 0 Å². The summed E-state index contributed by atoms with van der Waals surface area (Å²) in [6, 6.07) is 15.2. The van der Waals surface area contributed by atoms with Crippen molar-refractivity contribution >= 4 is 33.3 Å². The number of anilines is 2. The molecule has 1 atom stereocenters. The first-order valence-corrected chi connectivity index (χ1v) is 7.02. The molecule has 0 bridgehead atoms. The molecule has 0 heterocycles. The lowest BCUT2D eigenvalue weighted by atomic mass is 10.1. The Morgan fingerprint density at radius 3 is 2.55 bits per heavy atom. The molecule has 2 aromatic carbocycles. The average Bonchev–Trinajstić information content (AvgIpc) is 2.38. The van der Waals surface area contributed by atoms with Gasteiger partial charge in [0.2, 0.25) is 0 Å². The van der Waals surface area contributed by atoms with E-state index in [1.54, 1.807) is 6.07 Å². The van der Waals surface area contributed by atoms with E-state index in [4.69, 9.17) is 5.73 Å². The van der Waals surface area contributed by atoms with E-state index in [-0.39, 0.29) is 6.04 Å². The fourth-order valence-corrected chi connectivity index (χ4v) is 2.36. The number of hydrogen-bond donors (Lipinski definition) is 3. The fourth-order valence-electron chi connectivity index (χ4n) is 1.94. The van der Waals surface area contributed by atoms with Gasteiger partial charge in [-0.1, -0.05) is 34.1 Å². The minimum atomic E-state index is -0.567. The van der Waals surface area contributed by atoms with Crippen molar-refractivity contribution < 1.29 is 4.79 Å². The number of amides is 2. The lowest BCUT2D eigenvalue weighted by Gasteiger charge is -2.16. The lowest BCUT2D eigenvalue weighted by molar-refractivity contribution is 0.259. The molecular weight excluding hydrogens is 318 g/mol. The van der Waals surface area contributed by atoms with Gasteiger partial charge in [-0.3, -0.25) is 0 Å². The van der Waals surface area contributed by atoms with Crippen molar-refractivity contribution in [1.29, 1.82) is 0 Å². The van der Waals surface area contributed by atoms with Crippen LogP contribution in [0.25, 0.3) is 0 Å². The molecule has 4 nitrogen and oxygen atoms in total. The van der Waals surface area contributed by atoms with Gasteiger partial charge in [0.1, 0.15) is 0 Å². The molecule has 0 radical (unpaired) electrons. The van der Waals surface area contributed by atoms with Crippen LogP contribution < -0.4 is 16.4 Å². The number of halogens is 1. The first kappa shape index (κ1) is 14.4. The summed E-state index contributed by atoms with van der Waals surface area (Å²) in [5.41, 5.74) is 7.87. The predicted octanol–water partition coefficient (Wildman–Crippen LogP) is 4.11. The van der Waals surface area contributed by atoms with Crippen LogP contribution in [0, 0.1) is 0 Å². The molecule has 2 aromatic rings. The molecule has 5 heteroatoms. The zero-order chi connectivity index (χ0) is 14.5. The molecule has 0 aliphatic carbocycles. The summed E-state index contributed by atoms with van der Waals surface area (Å²) in [5.74, 6) is 0. The van der Waals surface area contributed by atoms with Crippen molar-refractivity contribution in [3.8, 4) is 0 Å². The lowest BCUT2D eigenvalue weighted by Crippen LogP contribution is -2.19. The third-order valence-electron chi connectivity index (χ3n) is 2.86. The van der Waals surface area contributed by atoms with Gasteiger partial charge in [-0.25, -0.2) is 4.79 Å². The molecule has 2 amide bonds. The third kappa shape index (κ3) is 3.99. The number of carbonyl (C=O) groups excluding carboxylic acids is 1. The van der Waals surface area contributed by atoms with Crippen molar-refractivity contribution in [2.75, 3.05) is 10.6 Å². The van der Waals surface area contributed by atoms with Crippen molar-refractivity contribution in [3.63, 3.8) is 0 Å². The highest BCUT2D eigenvalue weighted by Crippen LogP contribution is 2.23. The van der Waals surface area contributed by atoms with Crippen LogP contribution in [0.15, 0.2) is 53.0 Å². The van der Waals surface area contributed by atoms with E-state index in [1.807, 2.05) is 30.3 Å². The average molecular weight is 334 g/mol. The SMILES string of the molecule is CC(Nc1cccc(NC(N)=O)c1)c1cccc(Br)c1. The van der Waals surface area contributed by atoms with Gasteiger partial charge in [0.05, 0.1) is 0 Å².